The van der Waals surface area contributed by atoms with E-state index in [1.807, 2.05) is 14.0 Å². The minimum Gasteiger partial charge on any atom is -0.330 e. The Balaban J connectivity index is 2.54. The molecule has 38 valence electrons. The number of hydrogen-bond acceptors (Lipinski definition) is 3. The predicted molar refractivity (Wildman–Crippen MR) is 27.3 cm³/mol. The summed E-state index contributed by atoms with van der Waals surface area (Å²) in [5, 5.41) is 3.80. The van der Waals surface area contributed by atoms with Crippen LogP contribution in [0.3, 0.4) is 0 Å². The summed E-state index contributed by atoms with van der Waals surface area (Å²) in [6, 6.07) is 0. The highest BCUT2D eigenvalue weighted by atomic mass is 15.5. The van der Waals surface area contributed by atoms with Crippen molar-refractivity contribution in [2.24, 2.45) is 5.10 Å². The Bertz CT molecular complexity index is 97.1. The highest BCUT2D eigenvalue weighted by Crippen LogP contribution is 1.93. The number of amidine groups is 1. The molecule has 1 rings (SSSR count). The summed E-state index contributed by atoms with van der Waals surface area (Å²) in [4.78, 5) is 1.79. The molecule has 3 heteroatoms. The van der Waals surface area contributed by atoms with E-state index in [1.165, 1.54) is 0 Å². The maximum atomic E-state index is 3.80. The molecule has 0 bridgehead atoms. The molecule has 1 aliphatic heterocycles. The van der Waals surface area contributed by atoms with Crippen molar-refractivity contribution in [3.05, 3.63) is 6.67 Å². The molecule has 1 heterocycles. The van der Waals surface area contributed by atoms with Crippen molar-refractivity contribution in [2.45, 2.75) is 6.92 Å². The molecule has 7 heavy (non-hydrogen) atoms. The molecule has 0 unspecified atom stereocenters. The Hall–Kier alpha value is -0.730. The summed E-state index contributed by atoms with van der Waals surface area (Å²) in [5.41, 5.74) is 2.59. The highest BCUT2D eigenvalue weighted by molar-refractivity contribution is 5.81. The average molecular weight is 97.1 g/mol. The zero-order chi connectivity index (χ0) is 5.28. The summed E-state index contributed by atoms with van der Waals surface area (Å²) in [6.45, 7) is 4.66. The van der Waals surface area contributed by atoms with Crippen LogP contribution in [-0.4, -0.2) is 17.8 Å². The van der Waals surface area contributed by atoms with Crippen LogP contribution in [0.25, 0.3) is 0 Å². The first kappa shape index (κ1) is 4.43. The van der Waals surface area contributed by atoms with E-state index in [1.54, 1.807) is 4.90 Å². The van der Waals surface area contributed by atoms with Gasteiger partial charge in [0.05, 0.1) is 0 Å². The summed E-state index contributed by atoms with van der Waals surface area (Å²) < 4.78 is 0. The first-order chi connectivity index (χ1) is 3.30. The maximum Gasteiger partial charge on any atom is 0.224 e. The van der Waals surface area contributed by atoms with Crippen LogP contribution in [0.4, 0.5) is 0 Å². The van der Waals surface area contributed by atoms with Gasteiger partial charge in [-0.15, -0.1) is 0 Å². The van der Waals surface area contributed by atoms with Gasteiger partial charge in [-0.1, -0.05) is 0 Å². The van der Waals surface area contributed by atoms with Crippen LogP contribution >= 0.6 is 0 Å². The number of rotatable bonds is 0. The fourth-order valence-corrected chi connectivity index (χ4v) is 0.337. The second-order valence-electron chi connectivity index (χ2n) is 1.44. The van der Waals surface area contributed by atoms with Crippen molar-refractivity contribution in [3.8, 4) is 0 Å². The largest absolute Gasteiger partial charge is 0.330 e. The van der Waals surface area contributed by atoms with Crippen LogP contribution in [-0.2, 0) is 0 Å². The third kappa shape index (κ3) is 0.656. The standard InChI is InChI=1S/C4H7N3/c1-4-6-5-3-7(4)2/h5H,1-2H3. The first-order valence-corrected chi connectivity index (χ1v) is 2.09. The molecule has 0 aromatic heterocycles. The minimum absolute atomic E-state index is 0.944. The van der Waals surface area contributed by atoms with Gasteiger partial charge in [-0.05, 0) is 6.92 Å². The maximum absolute atomic E-state index is 3.80. The van der Waals surface area contributed by atoms with E-state index in [4.69, 9.17) is 0 Å². The van der Waals surface area contributed by atoms with Crippen molar-refractivity contribution in [3.63, 3.8) is 0 Å². The second-order valence-corrected chi connectivity index (χ2v) is 1.44. The molecule has 0 amide bonds. The summed E-state index contributed by atoms with van der Waals surface area (Å²) in [7, 11) is 1.89. The molecular formula is C4H7N3. The Morgan fingerprint density at radius 2 is 2.57 bits per heavy atom. The number of nitrogens with zero attached hydrogens (tertiary/aromatic N) is 2. The monoisotopic (exact) mass is 97.1 g/mol. The quantitative estimate of drug-likeness (QED) is 0.455. The van der Waals surface area contributed by atoms with Gasteiger partial charge in [-0.3, -0.25) is 5.43 Å². The molecule has 0 aromatic rings. The van der Waals surface area contributed by atoms with Crippen LogP contribution in [0.5, 0.6) is 0 Å². The van der Waals surface area contributed by atoms with E-state index >= 15 is 0 Å². The van der Waals surface area contributed by atoms with Gasteiger partial charge in [0.1, 0.15) is 5.84 Å². The second kappa shape index (κ2) is 1.40. The lowest BCUT2D eigenvalue weighted by atomic mass is 10.6. The third-order valence-electron chi connectivity index (χ3n) is 0.921. The lowest BCUT2D eigenvalue weighted by Gasteiger charge is -2.03. The van der Waals surface area contributed by atoms with E-state index in [0.29, 0.717) is 0 Å². The van der Waals surface area contributed by atoms with Gasteiger partial charge in [0.2, 0.25) is 6.67 Å². The van der Waals surface area contributed by atoms with E-state index in [0.717, 1.165) is 5.84 Å². The molecular weight excluding hydrogens is 90.1 g/mol. The Morgan fingerprint density at radius 3 is 2.71 bits per heavy atom. The molecule has 1 N–H and O–H groups in total. The van der Waals surface area contributed by atoms with Gasteiger partial charge >= 0.3 is 0 Å². The molecule has 0 aliphatic carbocycles. The van der Waals surface area contributed by atoms with Gasteiger partial charge in [0.15, 0.2) is 0 Å². The topological polar surface area (TPSA) is 27.6 Å². The van der Waals surface area contributed by atoms with Crippen LogP contribution in [0, 0.1) is 6.67 Å². The SMILES string of the molecule is CC1=NN[C]N1C. The van der Waals surface area contributed by atoms with Crippen LogP contribution in [0.15, 0.2) is 5.10 Å². The summed E-state index contributed by atoms with van der Waals surface area (Å²) in [6.07, 6.45) is 0. The Morgan fingerprint density at radius 1 is 1.86 bits per heavy atom. The predicted octanol–water partition coefficient (Wildman–Crippen LogP) is -0.149. The molecule has 0 saturated carbocycles. The van der Waals surface area contributed by atoms with E-state index < -0.39 is 0 Å². The van der Waals surface area contributed by atoms with E-state index in [-0.39, 0.29) is 0 Å². The zero-order valence-electron chi connectivity index (χ0n) is 4.39. The molecule has 0 atom stereocenters. The molecule has 0 fully saturated rings. The smallest absolute Gasteiger partial charge is 0.224 e. The molecule has 0 spiro atoms. The van der Waals surface area contributed by atoms with Crippen molar-refractivity contribution < 1.29 is 0 Å². The van der Waals surface area contributed by atoms with Crippen molar-refractivity contribution >= 4 is 5.84 Å². The van der Waals surface area contributed by atoms with Gasteiger partial charge in [-0.25, -0.2) is 0 Å². The molecule has 0 aromatic carbocycles. The van der Waals surface area contributed by atoms with Crippen molar-refractivity contribution in [2.75, 3.05) is 7.05 Å². The fraction of sp³-hybridized carbons (Fsp3) is 0.500. The molecule has 3 nitrogen and oxygen atoms in total. The first-order valence-electron chi connectivity index (χ1n) is 2.09. The third-order valence-corrected chi connectivity index (χ3v) is 0.921. The van der Waals surface area contributed by atoms with Gasteiger partial charge in [-0.2, -0.15) is 5.10 Å². The lowest BCUT2D eigenvalue weighted by molar-refractivity contribution is 0.599. The number of hydrogen-bond donors (Lipinski definition) is 1. The summed E-state index contributed by atoms with van der Waals surface area (Å²) in [5.74, 6) is 0.944. The van der Waals surface area contributed by atoms with Gasteiger partial charge in [0, 0.05) is 7.05 Å². The average Bonchev–Trinajstić information content (AvgIpc) is 1.91. The van der Waals surface area contributed by atoms with E-state index in [9.17, 15) is 0 Å². The van der Waals surface area contributed by atoms with Crippen LogP contribution < -0.4 is 5.43 Å². The molecule has 0 saturated heterocycles. The van der Waals surface area contributed by atoms with Crippen molar-refractivity contribution in [1.29, 1.82) is 0 Å². The fourth-order valence-electron chi connectivity index (χ4n) is 0.337. The van der Waals surface area contributed by atoms with E-state index in [2.05, 4.69) is 17.2 Å². The number of hydrazone groups is 1. The van der Waals surface area contributed by atoms with Crippen LogP contribution in [0.1, 0.15) is 6.92 Å². The van der Waals surface area contributed by atoms with Gasteiger partial charge < -0.3 is 4.90 Å². The highest BCUT2D eigenvalue weighted by Gasteiger charge is 2.06. The van der Waals surface area contributed by atoms with Crippen LogP contribution in [0.2, 0.25) is 0 Å². The molecule has 2 radical (unpaired) electrons. The zero-order valence-corrected chi connectivity index (χ0v) is 4.39. The minimum atomic E-state index is 0.944. The molecule has 1 aliphatic rings. The summed E-state index contributed by atoms with van der Waals surface area (Å²) >= 11 is 0. The lowest BCUT2D eigenvalue weighted by Crippen LogP contribution is -2.16. The normalized spacial score (nSPS) is 19.1. The Kier molecular flexibility index (Phi) is 0.889. The Labute approximate surface area is 43.0 Å². The van der Waals surface area contributed by atoms with Crippen molar-refractivity contribution in [1.82, 2.24) is 10.3 Å². The number of nitrogens with one attached hydrogen (secondary N) is 1. The van der Waals surface area contributed by atoms with Gasteiger partial charge in [0.25, 0.3) is 0 Å².